The van der Waals surface area contributed by atoms with E-state index in [-0.39, 0.29) is 35.6 Å². The van der Waals surface area contributed by atoms with Gasteiger partial charge < -0.3 is 24.3 Å². The molecule has 8 atom stereocenters. The van der Waals surface area contributed by atoms with Crippen molar-refractivity contribution in [3.05, 3.63) is 36.4 Å². The number of esters is 1. The molecular formula is C29H39BO7. The number of carbonyl (C=O) groups excluding carboxylic acids is 2. The summed E-state index contributed by atoms with van der Waals surface area (Å²) in [4.78, 5) is 26.7. The number of fused-ring (bicyclic) bond motifs is 1. The van der Waals surface area contributed by atoms with Crippen LogP contribution in [0.5, 0.6) is 5.75 Å². The molecule has 4 aliphatic rings. The van der Waals surface area contributed by atoms with Crippen LogP contribution < -0.4 is 10.2 Å². The van der Waals surface area contributed by atoms with Gasteiger partial charge in [-0.1, -0.05) is 39.8 Å². The molecule has 1 aromatic carbocycles. The van der Waals surface area contributed by atoms with E-state index in [1.807, 2.05) is 13.0 Å². The van der Waals surface area contributed by atoms with Crippen LogP contribution in [0.25, 0.3) is 0 Å². The summed E-state index contributed by atoms with van der Waals surface area (Å²) < 4.78 is 17.2. The van der Waals surface area contributed by atoms with Gasteiger partial charge in [-0.25, -0.2) is 4.79 Å². The van der Waals surface area contributed by atoms with Crippen LogP contribution in [0.1, 0.15) is 65.4 Å². The number of hydrogen-bond donors (Lipinski definition) is 2. The molecule has 200 valence electrons. The Balaban J connectivity index is 1.43. The van der Waals surface area contributed by atoms with Crippen molar-refractivity contribution >= 4 is 24.3 Å². The molecule has 0 spiro atoms. The van der Waals surface area contributed by atoms with Crippen molar-refractivity contribution in [2.75, 3.05) is 6.61 Å². The number of hydrogen-bond acceptors (Lipinski definition) is 7. The first-order valence-electron chi connectivity index (χ1n) is 13.6. The average molecular weight is 510 g/mol. The lowest BCUT2D eigenvalue weighted by Crippen LogP contribution is -2.63. The maximum absolute atomic E-state index is 13.5. The summed E-state index contributed by atoms with van der Waals surface area (Å²) in [6.07, 6.45) is 3.99. The molecule has 0 amide bonds. The monoisotopic (exact) mass is 510 g/mol. The van der Waals surface area contributed by atoms with E-state index in [9.17, 15) is 19.7 Å². The quantitative estimate of drug-likeness (QED) is 0.356. The zero-order valence-corrected chi connectivity index (χ0v) is 22.4. The molecule has 0 radical (unpaired) electrons. The first kappa shape index (κ1) is 26.5. The summed E-state index contributed by atoms with van der Waals surface area (Å²) in [5.74, 6) is -0.0163. The minimum atomic E-state index is -0.997. The van der Waals surface area contributed by atoms with Gasteiger partial charge >= 0.3 is 13.1 Å². The van der Waals surface area contributed by atoms with E-state index < -0.39 is 36.1 Å². The van der Waals surface area contributed by atoms with Crippen LogP contribution in [0.2, 0.25) is 0 Å². The van der Waals surface area contributed by atoms with Gasteiger partial charge in [0.1, 0.15) is 17.6 Å². The number of ether oxygens (including phenoxy) is 2. The molecule has 37 heavy (non-hydrogen) atoms. The molecule has 0 unspecified atom stereocenters. The summed E-state index contributed by atoms with van der Waals surface area (Å²) in [6.45, 7) is 12.4. The lowest BCUT2D eigenvalue weighted by Gasteiger charge is -2.61. The maximum atomic E-state index is 13.5. The van der Waals surface area contributed by atoms with Crippen LogP contribution in [0.15, 0.2) is 30.9 Å². The Hall–Kier alpha value is -2.16. The van der Waals surface area contributed by atoms with E-state index in [1.54, 1.807) is 18.2 Å². The highest BCUT2D eigenvalue weighted by atomic mass is 16.6. The predicted molar refractivity (Wildman–Crippen MR) is 139 cm³/mol. The highest BCUT2D eigenvalue weighted by molar-refractivity contribution is 6.61. The third kappa shape index (κ3) is 3.98. The minimum absolute atomic E-state index is 0.0714. The molecule has 1 aliphatic heterocycles. The van der Waals surface area contributed by atoms with Gasteiger partial charge in [-0.15, -0.1) is 6.58 Å². The number of ketones is 1. The van der Waals surface area contributed by atoms with Crippen LogP contribution in [-0.2, 0) is 25.6 Å². The molecule has 3 fully saturated rings. The van der Waals surface area contributed by atoms with Crippen LogP contribution in [0.3, 0.4) is 0 Å². The van der Waals surface area contributed by atoms with E-state index in [2.05, 4.69) is 27.4 Å². The lowest BCUT2D eigenvalue weighted by molar-refractivity contribution is -0.207. The smallest absolute Gasteiger partial charge is 0.482 e. The van der Waals surface area contributed by atoms with Crippen LogP contribution in [0.4, 0.5) is 0 Å². The fourth-order valence-electron chi connectivity index (χ4n) is 8.12. The molecule has 1 aromatic rings. The second kappa shape index (κ2) is 9.24. The largest absolute Gasteiger partial charge is 0.491 e. The van der Waals surface area contributed by atoms with Gasteiger partial charge in [-0.2, -0.15) is 0 Å². The van der Waals surface area contributed by atoms with Gasteiger partial charge in [0.2, 0.25) is 0 Å². The summed E-state index contributed by atoms with van der Waals surface area (Å²) in [5.41, 5.74) is -0.0252. The standard InChI is InChI=1S/C29H39BO7/c1-6-27(4)14-23(37-24(32)16-35-20-8-7-19-15-36-30(34)21(19)13-20)28(5)17(2)9-11-29(18(3)26(27)33)12-10-22(31)25(28)29/h6-8,13,17-18,23,25-26,33-34H,1,9-12,14-16H2,2-5H3/t17-,18+,23-,25+,26+,27-,28+,29+/m1/s1. The molecule has 5 rings (SSSR count). The van der Waals surface area contributed by atoms with Gasteiger partial charge in [0, 0.05) is 23.2 Å². The first-order valence-corrected chi connectivity index (χ1v) is 13.6. The third-order valence-corrected chi connectivity index (χ3v) is 10.7. The number of carbonyl (C=O) groups is 2. The van der Waals surface area contributed by atoms with Gasteiger partial charge in [0.05, 0.1) is 12.7 Å². The zero-order valence-electron chi connectivity index (χ0n) is 22.4. The first-order chi connectivity index (χ1) is 17.5. The number of benzene rings is 1. The van der Waals surface area contributed by atoms with Gasteiger partial charge in [-0.05, 0) is 66.1 Å². The van der Waals surface area contributed by atoms with Crippen molar-refractivity contribution in [1.82, 2.24) is 0 Å². The van der Waals surface area contributed by atoms with E-state index in [4.69, 9.17) is 14.1 Å². The normalized spacial score (nSPS) is 40.9. The fraction of sp³-hybridized carbons (Fsp3) is 0.655. The summed E-state index contributed by atoms with van der Waals surface area (Å²) >= 11 is 0. The SMILES string of the molecule is C=C[C@]1(C)C[C@@H](OC(=O)COc2ccc3c(c2)B(O)OC3)[C@]2(C)[C@H](C)CC[C@]3(CCC(=O)[C@H]32)[C@@H](C)[C@@H]1O. The Morgan fingerprint density at radius 3 is 2.78 bits per heavy atom. The summed E-state index contributed by atoms with van der Waals surface area (Å²) in [5, 5.41) is 21.6. The predicted octanol–water partition coefficient (Wildman–Crippen LogP) is 3.19. The Kier molecular flexibility index (Phi) is 6.61. The second-order valence-corrected chi connectivity index (χ2v) is 12.4. The summed E-state index contributed by atoms with van der Waals surface area (Å²) in [6, 6.07) is 5.24. The zero-order chi connectivity index (χ0) is 26.8. The highest BCUT2D eigenvalue weighted by Crippen LogP contribution is 2.68. The van der Waals surface area contributed by atoms with Crippen molar-refractivity contribution in [1.29, 1.82) is 0 Å². The maximum Gasteiger partial charge on any atom is 0.491 e. The lowest BCUT2D eigenvalue weighted by atomic mass is 9.44. The molecule has 1 heterocycles. The number of aliphatic hydroxyl groups is 1. The minimum Gasteiger partial charge on any atom is -0.482 e. The van der Waals surface area contributed by atoms with Crippen molar-refractivity contribution in [3.63, 3.8) is 0 Å². The van der Waals surface area contributed by atoms with E-state index in [0.29, 0.717) is 30.7 Å². The van der Waals surface area contributed by atoms with E-state index in [1.165, 1.54) is 0 Å². The number of aliphatic hydroxyl groups excluding tert-OH is 1. The molecule has 2 bridgehead atoms. The van der Waals surface area contributed by atoms with Crippen LogP contribution in [-0.4, -0.2) is 47.8 Å². The molecular weight excluding hydrogens is 471 g/mol. The molecule has 0 aromatic heterocycles. The van der Waals surface area contributed by atoms with Gasteiger partial charge in [0.25, 0.3) is 0 Å². The van der Waals surface area contributed by atoms with E-state index in [0.717, 1.165) is 24.8 Å². The van der Waals surface area contributed by atoms with Crippen molar-refractivity contribution in [2.45, 2.75) is 78.6 Å². The average Bonchev–Trinajstić information content (AvgIpc) is 3.43. The van der Waals surface area contributed by atoms with Gasteiger partial charge in [0.15, 0.2) is 6.61 Å². The summed E-state index contributed by atoms with van der Waals surface area (Å²) in [7, 11) is -0.997. The number of Topliss-reactive ketones (excluding diaryl/α,β-unsaturated/α-hetero) is 1. The van der Waals surface area contributed by atoms with Crippen LogP contribution in [0, 0.1) is 34.0 Å². The number of rotatable bonds is 5. The molecule has 3 saturated carbocycles. The molecule has 7 nitrogen and oxygen atoms in total. The van der Waals surface area contributed by atoms with Crippen molar-refractivity contribution in [3.8, 4) is 5.75 Å². The third-order valence-electron chi connectivity index (χ3n) is 10.7. The van der Waals surface area contributed by atoms with Gasteiger partial charge in [-0.3, -0.25) is 4.79 Å². The Bertz CT molecular complexity index is 1110. The topological polar surface area (TPSA) is 102 Å². The van der Waals surface area contributed by atoms with E-state index >= 15 is 0 Å². The molecule has 8 heteroatoms. The fourth-order valence-corrected chi connectivity index (χ4v) is 8.12. The second-order valence-electron chi connectivity index (χ2n) is 12.4. The highest BCUT2D eigenvalue weighted by Gasteiger charge is 2.68. The molecule has 3 aliphatic carbocycles. The van der Waals surface area contributed by atoms with Crippen LogP contribution >= 0.6 is 0 Å². The van der Waals surface area contributed by atoms with Crippen molar-refractivity contribution < 1.29 is 33.8 Å². The van der Waals surface area contributed by atoms with Crippen molar-refractivity contribution in [2.24, 2.45) is 34.0 Å². The molecule has 2 N–H and O–H groups in total. The Morgan fingerprint density at radius 2 is 2.05 bits per heavy atom. The Labute approximate surface area is 219 Å². The Morgan fingerprint density at radius 1 is 1.30 bits per heavy atom. The molecule has 0 saturated heterocycles.